The van der Waals surface area contributed by atoms with Crippen molar-refractivity contribution in [2.24, 2.45) is 7.05 Å². The molecule has 1 saturated heterocycles. The van der Waals surface area contributed by atoms with Gasteiger partial charge in [-0.1, -0.05) is 0 Å². The van der Waals surface area contributed by atoms with Gasteiger partial charge in [-0.05, 0) is 49.5 Å². The number of nitrogen functional groups attached to an aromatic ring is 1. The highest BCUT2D eigenvalue weighted by atomic mass is 32.2. The van der Waals surface area contributed by atoms with Crippen molar-refractivity contribution >= 4 is 44.9 Å². The van der Waals surface area contributed by atoms with Crippen LogP contribution in [0, 0.1) is 11.6 Å². The summed E-state index contributed by atoms with van der Waals surface area (Å²) in [5, 5.41) is 5.29. The van der Waals surface area contributed by atoms with Gasteiger partial charge in [0.25, 0.3) is 0 Å². The van der Waals surface area contributed by atoms with Crippen LogP contribution >= 0.6 is 0 Å². The van der Waals surface area contributed by atoms with E-state index in [0.717, 1.165) is 55.1 Å². The van der Waals surface area contributed by atoms with Crippen LogP contribution in [0.1, 0.15) is 5.56 Å². The lowest BCUT2D eigenvalue weighted by atomic mass is 10.2. The van der Waals surface area contributed by atoms with Crippen molar-refractivity contribution in [2.45, 2.75) is 4.90 Å². The van der Waals surface area contributed by atoms with Crippen molar-refractivity contribution in [3.8, 4) is 0 Å². The molecule has 0 aliphatic carbocycles. The lowest BCUT2D eigenvalue weighted by molar-refractivity contribution is 0.313. The Morgan fingerprint density at radius 3 is 2.35 bits per heavy atom. The predicted octanol–water partition coefficient (Wildman–Crippen LogP) is 3.74. The first-order valence-corrected chi connectivity index (χ1v) is 14.0. The third-order valence-electron chi connectivity index (χ3n) is 6.57. The lowest BCUT2D eigenvalue weighted by Gasteiger charge is -2.34. The minimum absolute atomic E-state index is 0.00557. The van der Waals surface area contributed by atoms with E-state index in [2.05, 4.69) is 31.9 Å². The zero-order valence-electron chi connectivity index (χ0n) is 21.9. The summed E-state index contributed by atoms with van der Waals surface area (Å²) in [7, 11) is -0.301. The monoisotopic (exact) mass is 566 g/mol. The Balaban J connectivity index is 1.43. The molecule has 2 aromatic heterocycles. The van der Waals surface area contributed by atoms with E-state index in [0.29, 0.717) is 11.9 Å². The fourth-order valence-corrected chi connectivity index (χ4v) is 5.38. The predicted molar refractivity (Wildman–Crippen MR) is 150 cm³/mol. The zero-order valence-corrected chi connectivity index (χ0v) is 22.8. The standard InChI is InChI=1S/C27H28F2N8O2S/c1-34-12-14-36(15-13-34)21-4-6-22(7-5-21)37(25-9-11-35(2)33-25)27-31-18-19(26(30)32-27)10-16-40(38,39)24-8-3-20(28)17-23(24)29/h3-11,16-18H,12-15H2,1-2H3,(H2,30,31,32)/b16-10+. The van der Waals surface area contributed by atoms with E-state index in [1.807, 2.05) is 30.3 Å². The highest BCUT2D eigenvalue weighted by Gasteiger charge is 2.21. The minimum atomic E-state index is -4.21. The number of hydrogen-bond acceptors (Lipinski definition) is 9. The third kappa shape index (κ3) is 5.80. The van der Waals surface area contributed by atoms with Gasteiger partial charge < -0.3 is 15.5 Å². The maximum atomic E-state index is 14.0. The van der Waals surface area contributed by atoms with Crippen LogP contribution in [-0.4, -0.2) is 66.3 Å². The summed E-state index contributed by atoms with van der Waals surface area (Å²) in [6.07, 6.45) is 4.34. The Bertz CT molecular complexity index is 1650. The molecule has 40 heavy (non-hydrogen) atoms. The van der Waals surface area contributed by atoms with Crippen molar-refractivity contribution in [1.29, 1.82) is 0 Å². The highest BCUT2D eigenvalue weighted by molar-refractivity contribution is 7.94. The molecule has 0 atom stereocenters. The summed E-state index contributed by atoms with van der Waals surface area (Å²) < 4.78 is 54.1. The number of piperazine rings is 1. The molecular weight excluding hydrogens is 538 g/mol. The lowest BCUT2D eigenvalue weighted by Crippen LogP contribution is -2.44. The number of aromatic nitrogens is 4. The maximum absolute atomic E-state index is 14.0. The number of sulfone groups is 1. The van der Waals surface area contributed by atoms with Crippen molar-refractivity contribution in [3.05, 3.63) is 83.5 Å². The fourth-order valence-electron chi connectivity index (χ4n) is 4.32. The number of anilines is 5. The Morgan fingerprint density at radius 2 is 1.73 bits per heavy atom. The van der Waals surface area contributed by atoms with Crippen LogP contribution in [-0.2, 0) is 16.9 Å². The molecule has 2 N–H and O–H groups in total. The molecule has 1 aliphatic heterocycles. The average molecular weight is 567 g/mol. The van der Waals surface area contributed by atoms with Crippen molar-refractivity contribution in [3.63, 3.8) is 0 Å². The van der Waals surface area contributed by atoms with Crippen LogP contribution in [0.25, 0.3) is 6.08 Å². The van der Waals surface area contributed by atoms with Gasteiger partial charge in [-0.3, -0.25) is 9.58 Å². The molecule has 208 valence electrons. The van der Waals surface area contributed by atoms with Gasteiger partial charge in [0.2, 0.25) is 15.8 Å². The van der Waals surface area contributed by atoms with E-state index in [1.165, 1.54) is 12.3 Å². The zero-order chi connectivity index (χ0) is 28.4. The van der Waals surface area contributed by atoms with Gasteiger partial charge in [0.15, 0.2) is 5.82 Å². The molecule has 1 aliphatic rings. The van der Waals surface area contributed by atoms with Gasteiger partial charge in [-0.15, -0.1) is 0 Å². The van der Waals surface area contributed by atoms with Crippen LogP contribution in [0.3, 0.4) is 0 Å². The van der Waals surface area contributed by atoms with E-state index >= 15 is 0 Å². The minimum Gasteiger partial charge on any atom is -0.383 e. The largest absolute Gasteiger partial charge is 0.383 e. The van der Waals surface area contributed by atoms with Crippen LogP contribution in [0.4, 0.5) is 37.7 Å². The smallest absolute Gasteiger partial charge is 0.237 e. The summed E-state index contributed by atoms with van der Waals surface area (Å²) in [5.74, 6) is -1.26. The van der Waals surface area contributed by atoms with Gasteiger partial charge in [0, 0.05) is 74.4 Å². The van der Waals surface area contributed by atoms with Gasteiger partial charge in [0.05, 0.1) is 5.69 Å². The molecule has 0 saturated carbocycles. The quantitative estimate of drug-likeness (QED) is 0.334. The Morgan fingerprint density at radius 1 is 1.00 bits per heavy atom. The number of nitrogens with two attached hydrogens (primary N) is 1. The van der Waals surface area contributed by atoms with Gasteiger partial charge >= 0.3 is 0 Å². The van der Waals surface area contributed by atoms with Crippen LogP contribution in [0.5, 0.6) is 0 Å². The average Bonchev–Trinajstić information content (AvgIpc) is 3.34. The summed E-state index contributed by atoms with van der Waals surface area (Å²) in [6.45, 7) is 3.88. The molecule has 1 fully saturated rings. The molecule has 0 spiro atoms. The normalized spacial score (nSPS) is 14.7. The van der Waals surface area contributed by atoms with E-state index in [4.69, 9.17) is 5.73 Å². The number of benzene rings is 2. The number of aryl methyl sites for hydroxylation is 1. The van der Waals surface area contributed by atoms with Crippen molar-refractivity contribution < 1.29 is 17.2 Å². The molecule has 5 rings (SSSR count). The molecule has 4 aromatic rings. The SMILES string of the molecule is CN1CCN(c2ccc(N(c3ccn(C)n3)c3ncc(/C=C/S(=O)(=O)c4ccc(F)cc4F)c(N)n3)cc2)CC1. The van der Waals surface area contributed by atoms with E-state index < -0.39 is 26.4 Å². The van der Waals surface area contributed by atoms with Crippen molar-refractivity contribution in [2.75, 3.05) is 48.8 Å². The van der Waals surface area contributed by atoms with Gasteiger partial charge in [-0.2, -0.15) is 10.1 Å². The van der Waals surface area contributed by atoms with E-state index in [9.17, 15) is 17.2 Å². The second-order valence-electron chi connectivity index (χ2n) is 9.42. The van der Waals surface area contributed by atoms with Gasteiger partial charge in [-0.25, -0.2) is 22.2 Å². The first-order chi connectivity index (χ1) is 19.1. The van der Waals surface area contributed by atoms with Crippen LogP contribution in [0.15, 0.2) is 71.2 Å². The molecule has 13 heteroatoms. The van der Waals surface area contributed by atoms with Crippen molar-refractivity contribution in [1.82, 2.24) is 24.6 Å². The first kappa shape index (κ1) is 27.2. The number of nitrogens with zero attached hydrogens (tertiary/aromatic N) is 7. The van der Waals surface area contributed by atoms with Crippen LogP contribution in [0.2, 0.25) is 0 Å². The molecule has 0 bridgehead atoms. The molecule has 0 amide bonds. The molecule has 10 nitrogen and oxygen atoms in total. The van der Waals surface area contributed by atoms with E-state index in [1.54, 1.807) is 22.8 Å². The highest BCUT2D eigenvalue weighted by Crippen LogP contribution is 2.33. The molecule has 0 radical (unpaired) electrons. The maximum Gasteiger partial charge on any atom is 0.237 e. The third-order valence-corrected chi connectivity index (χ3v) is 8.01. The Labute approximate surface area is 230 Å². The number of likely N-dealkylation sites (N-methyl/N-ethyl adjacent to an activating group) is 1. The number of rotatable bonds is 7. The number of halogens is 2. The summed E-state index contributed by atoms with van der Waals surface area (Å²) >= 11 is 0. The number of hydrogen-bond donors (Lipinski definition) is 1. The fraction of sp³-hybridized carbons (Fsp3) is 0.222. The van der Waals surface area contributed by atoms with Gasteiger partial charge in [0.1, 0.15) is 22.3 Å². The Kier molecular flexibility index (Phi) is 7.50. The molecular formula is C27H28F2N8O2S. The topological polar surface area (TPSA) is 113 Å². The molecule has 0 unspecified atom stereocenters. The summed E-state index contributed by atoms with van der Waals surface area (Å²) in [6, 6.07) is 12.1. The molecule has 2 aromatic carbocycles. The Hall–Kier alpha value is -4.36. The summed E-state index contributed by atoms with van der Waals surface area (Å²) in [4.78, 5) is 14.6. The second kappa shape index (κ2) is 11.0. The van der Waals surface area contributed by atoms with Crippen LogP contribution < -0.4 is 15.5 Å². The second-order valence-corrected chi connectivity index (χ2v) is 11.2. The van der Waals surface area contributed by atoms with E-state index in [-0.39, 0.29) is 17.3 Å². The first-order valence-electron chi connectivity index (χ1n) is 12.4. The molecule has 3 heterocycles. The summed E-state index contributed by atoms with van der Waals surface area (Å²) in [5.41, 5.74) is 8.26.